The smallest absolute Gasteiger partial charge is 0.159 e. The summed E-state index contributed by atoms with van der Waals surface area (Å²) in [5.74, 6) is 1.54. The van der Waals surface area contributed by atoms with Crippen molar-refractivity contribution < 1.29 is 4.74 Å². The van der Waals surface area contributed by atoms with Gasteiger partial charge < -0.3 is 4.74 Å². The maximum Gasteiger partial charge on any atom is 0.159 e. The Bertz CT molecular complexity index is 696. The van der Waals surface area contributed by atoms with E-state index in [-0.39, 0.29) is 0 Å². The van der Waals surface area contributed by atoms with Crippen molar-refractivity contribution in [3.8, 4) is 17.1 Å². The molecule has 1 aromatic heterocycles. The molecule has 1 aromatic carbocycles. The molecule has 0 radical (unpaired) electrons. The quantitative estimate of drug-likeness (QED) is 0.188. The van der Waals surface area contributed by atoms with Crippen LogP contribution in [-0.4, -0.2) is 16.6 Å². The maximum absolute atomic E-state index is 5.85. The minimum atomic E-state index is 0.757. The van der Waals surface area contributed by atoms with Crippen molar-refractivity contribution >= 4 is 0 Å². The van der Waals surface area contributed by atoms with Crippen LogP contribution in [0.25, 0.3) is 11.4 Å². The molecular weight excluding hydrogens is 404 g/mol. The number of hydrogen-bond donors (Lipinski definition) is 0. The van der Waals surface area contributed by atoms with Gasteiger partial charge in [-0.1, -0.05) is 128 Å². The standard InChI is InChI=1S/C30H48N2O/c1-3-5-7-9-10-11-12-13-14-15-16-18-24-33-29-25-31-30(32-26-29)28-22-20-27(21-23-28)19-17-8-6-4-2/h20-23,25-26H,3-19,24H2,1-2H3. The van der Waals surface area contributed by atoms with Crippen molar-refractivity contribution in [3.63, 3.8) is 0 Å². The van der Waals surface area contributed by atoms with Gasteiger partial charge in [-0.2, -0.15) is 0 Å². The molecule has 2 rings (SSSR count). The summed E-state index contributed by atoms with van der Waals surface area (Å²) in [6.45, 7) is 5.29. The zero-order valence-corrected chi connectivity index (χ0v) is 21.5. The number of benzene rings is 1. The number of nitrogens with zero attached hydrogens (tertiary/aromatic N) is 2. The minimum Gasteiger partial charge on any atom is -0.490 e. The van der Waals surface area contributed by atoms with E-state index < -0.39 is 0 Å². The summed E-state index contributed by atoms with van der Waals surface area (Å²) in [6.07, 6.45) is 26.3. The molecule has 0 aliphatic heterocycles. The first-order valence-electron chi connectivity index (χ1n) is 13.9. The lowest BCUT2D eigenvalue weighted by Crippen LogP contribution is -1.99. The van der Waals surface area contributed by atoms with Crippen LogP contribution in [0.4, 0.5) is 0 Å². The Labute approximate surface area is 203 Å². The molecule has 0 atom stereocenters. The molecule has 0 saturated carbocycles. The van der Waals surface area contributed by atoms with Crippen LogP contribution in [0.3, 0.4) is 0 Å². The highest BCUT2D eigenvalue weighted by atomic mass is 16.5. The number of unbranched alkanes of at least 4 members (excludes halogenated alkanes) is 14. The van der Waals surface area contributed by atoms with E-state index in [2.05, 4.69) is 48.1 Å². The van der Waals surface area contributed by atoms with E-state index in [0.29, 0.717) is 0 Å². The first-order valence-corrected chi connectivity index (χ1v) is 13.9. The fraction of sp³-hybridized carbons (Fsp3) is 0.667. The second kappa shape index (κ2) is 18.5. The summed E-state index contributed by atoms with van der Waals surface area (Å²) < 4.78 is 5.85. The fourth-order valence-corrected chi connectivity index (χ4v) is 4.25. The highest BCUT2D eigenvalue weighted by molar-refractivity contribution is 5.55. The molecule has 0 unspecified atom stereocenters. The molecule has 2 aromatic rings. The van der Waals surface area contributed by atoms with Gasteiger partial charge in [0.1, 0.15) is 0 Å². The van der Waals surface area contributed by atoms with E-state index in [1.54, 1.807) is 0 Å². The highest BCUT2D eigenvalue weighted by Crippen LogP contribution is 2.19. The Morgan fingerprint density at radius 2 is 1.06 bits per heavy atom. The molecule has 0 fully saturated rings. The van der Waals surface area contributed by atoms with Crippen LogP contribution in [0, 0.1) is 0 Å². The number of aryl methyl sites for hydroxylation is 1. The van der Waals surface area contributed by atoms with Gasteiger partial charge in [-0.05, 0) is 24.8 Å². The largest absolute Gasteiger partial charge is 0.490 e. The molecular formula is C30H48N2O. The van der Waals surface area contributed by atoms with Gasteiger partial charge in [0.25, 0.3) is 0 Å². The first kappa shape index (κ1) is 27.3. The van der Waals surface area contributed by atoms with Crippen molar-refractivity contribution in [2.75, 3.05) is 6.61 Å². The van der Waals surface area contributed by atoms with E-state index in [4.69, 9.17) is 4.74 Å². The predicted octanol–water partition coefficient (Wildman–Crippen LogP) is 9.35. The van der Waals surface area contributed by atoms with Gasteiger partial charge in [0, 0.05) is 5.56 Å². The average molecular weight is 453 g/mol. The predicted molar refractivity (Wildman–Crippen MR) is 142 cm³/mol. The van der Waals surface area contributed by atoms with Crippen molar-refractivity contribution in [3.05, 3.63) is 42.2 Å². The molecule has 0 spiro atoms. The normalized spacial score (nSPS) is 11.1. The van der Waals surface area contributed by atoms with E-state index in [9.17, 15) is 0 Å². The maximum atomic E-state index is 5.85. The van der Waals surface area contributed by atoms with Gasteiger partial charge in [-0.25, -0.2) is 9.97 Å². The second-order valence-electron chi connectivity index (χ2n) is 9.49. The van der Waals surface area contributed by atoms with E-state index in [0.717, 1.165) is 36.6 Å². The van der Waals surface area contributed by atoms with Gasteiger partial charge in [0.05, 0.1) is 19.0 Å². The van der Waals surface area contributed by atoms with E-state index in [1.807, 2.05) is 12.4 Å². The molecule has 184 valence electrons. The molecule has 0 amide bonds. The highest BCUT2D eigenvalue weighted by Gasteiger charge is 2.03. The molecule has 0 N–H and O–H groups in total. The van der Waals surface area contributed by atoms with Crippen LogP contribution in [0.5, 0.6) is 5.75 Å². The van der Waals surface area contributed by atoms with Crippen LogP contribution in [0.2, 0.25) is 0 Å². The fourth-order valence-electron chi connectivity index (χ4n) is 4.25. The van der Waals surface area contributed by atoms with Gasteiger partial charge in [0.15, 0.2) is 11.6 Å². The third-order valence-electron chi connectivity index (χ3n) is 6.43. The second-order valence-corrected chi connectivity index (χ2v) is 9.49. The number of rotatable bonds is 20. The van der Waals surface area contributed by atoms with Crippen LogP contribution in [-0.2, 0) is 6.42 Å². The molecule has 33 heavy (non-hydrogen) atoms. The number of aromatic nitrogens is 2. The topological polar surface area (TPSA) is 35.0 Å². The van der Waals surface area contributed by atoms with Crippen molar-refractivity contribution in [1.82, 2.24) is 9.97 Å². The zero-order chi connectivity index (χ0) is 23.4. The molecule has 0 aliphatic carbocycles. The lowest BCUT2D eigenvalue weighted by Gasteiger charge is -2.07. The summed E-state index contributed by atoms with van der Waals surface area (Å²) in [5, 5.41) is 0. The monoisotopic (exact) mass is 452 g/mol. The third-order valence-corrected chi connectivity index (χ3v) is 6.43. The van der Waals surface area contributed by atoms with Gasteiger partial charge in [0.2, 0.25) is 0 Å². The summed E-state index contributed by atoms with van der Waals surface area (Å²) in [6, 6.07) is 8.69. The van der Waals surface area contributed by atoms with E-state index >= 15 is 0 Å². The Morgan fingerprint density at radius 1 is 0.576 bits per heavy atom. The van der Waals surface area contributed by atoms with Crippen molar-refractivity contribution in [2.24, 2.45) is 0 Å². The summed E-state index contributed by atoms with van der Waals surface area (Å²) >= 11 is 0. The molecule has 0 bridgehead atoms. The third kappa shape index (κ3) is 12.8. The molecule has 0 aliphatic rings. The Kier molecular flexibility index (Phi) is 15.3. The van der Waals surface area contributed by atoms with Crippen LogP contribution in [0.1, 0.15) is 122 Å². The van der Waals surface area contributed by atoms with Crippen LogP contribution >= 0.6 is 0 Å². The average Bonchev–Trinajstić information content (AvgIpc) is 2.85. The van der Waals surface area contributed by atoms with Crippen LogP contribution in [0.15, 0.2) is 36.7 Å². The van der Waals surface area contributed by atoms with Gasteiger partial charge in [-0.3, -0.25) is 0 Å². The van der Waals surface area contributed by atoms with E-state index in [1.165, 1.54) is 102 Å². The lowest BCUT2D eigenvalue weighted by atomic mass is 10.0. The van der Waals surface area contributed by atoms with Crippen molar-refractivity contribution in [1.29, 1.82) is 0 Å². The first-order chi connectivity index (χ1) is 16.3. The minimum absolute atomic E-state index is 0.757. The van der Waals surface area contributed by atoms with Crippen molar-refractivity contribution in [2.45, 2.75) is 123 Å². The Balaban J connectivity index is 1.52. The van der Waals surface area contributed by atoms with Crippen LogP contribution < -0.4 is 4.74 Å². The van der Waals surface area contributed by atoms with Gasteiger partial charge in [-0.15, -0.1) is 0 Å². The zero-order valence-electron chi connectivity index (χ0n) is 21.5. The summed E-state index contributed by atoms with van der Waals surface area (Å²) in [5.41, 5.74) is 2.47. The van der Waals surface area contributed by atoms with Gasteiger partial charge >= 0.3 is 0 Å². The number of hydrogen-bond acceptors (Lipinski definition) is 3. The Morgan fingerprint density at radius 3 is 1.61 bits per heavy atom. The molecule has 3 heteroatoms. The molecule has 0 saturated heterocycles. The summed E-state index contributed by atoms with van der Waals surface area (Å²) in [4.78, 5) is 9.02. The summed E-state index contributed by atoms with van der Waals surface area (Å²) in [7, 11) is 0. The molecule has 3 nitrogen and oxygen atoms in total. The Hall–Kier alpha value is -1.90. The lowest BCUT2D eigenvalue weighted by molar-refractivity contribution is 0.302. The number of ether oxygens (including phenoxy) is 1. The molecule has 1 heterocycles. The SMILES string of the molecule is CCCCCCCCCCCCCCOc1cnc(-c2ccc(CCCCCC)cc2)nc1.